The molecule has 0 aliphatic carbocycles. The molecule has 6 rings (SSSR count). The number of rotatable bonds is 5. The van der Waals surface area contributed by atoms with Gasteiger partial charge < -0.3 is 15.3 Å². The lowest BCUT2D eigenvalue weighted by atomic mass is 9.97. The zero-order valence-electron chi connectivity index (χ0n) is 19.6. The van der Waals surface area contributed by atoms with Crippen LogP contribution in [-0.4, -0.2) is 19.9 Å². The van der Waals surface area contributed by atoms with Gasteiger partial charge in [0.15, 0.2) is 0 Å². The van der Waals surface area contributed by atoms with Gasteiger partial charge in [0.05, 0.1) is 34.4 Å². The summed E-state index contributed by atoms with van der Waals surface area (Å²) in [6.07, 6.45) is -2.57. The summed E-state index contributed by atoms with van der Waals surface area (Å²) in [5, 5.41) is 4.86. The molecule has 0 saturated carbocycles. The number of pyridine rings is 1. The number of hydrogen-bond donors (Lipinski definition) is 3. The number of aromatic nitrogens is 4. The summed E-state index contributed by atoms with van der Waals surface area (Å²) in [6.45, 7) is 2.36. The lowest BCUT2D eigenvalue weighted by molar-refractivity contribution is -0.137. The highest BCUT2D eigenvalue weighted by molar-refractivity contribution is 9.10. The van der Waals surface area contributed by atoms with Gasteiger partial charge in [-0.2, -0.15) is 13.2 Å². The third kappa shape index (κ3) is 4.49. The topological polar surface area (TPSA) is 69.4 Å². The molecular weight excluding hydrogens is 543 g/mol. The van der Waals surface area contributed by atoms with Gasteiger partial charge >= 0.3 is 6.18 Å². The molecule has 6 aromatic rings. The summed E-state index contributed by atoms with van der Waals surface area (Å²) in [5.74, 6) is 0.754. The number of H-pyrrole nitrogens is 2. The molecule has 0 amide bonds. The maximum Gasteiger partial charge on any atom is 0.416 e. The third-order valence-electron chi connectivity index (χ3n) is 6.57. The van der Waals surface area contributed by atoms with Crippen LogP contribution in [0.4, 0.5) is 13.2 Å². The standard InChI is InChI=1S/C28H21BrF3N5/c1-15(33-14-27-36-24-4-2-3-5-25(24)37-27)18-12-26(21-13-34-22-9-7-17(29)11-20(21)22)35-23-8-6-16(10-19(18)23)28(30,31)32/h2-13,15,33-34H,14H2,1H3,(H,36,37). The number of nitrogens with zero attached hydrogens (tertiary/aromatic N) is 2. The van der Waals surface area contributed by atoms with Crippen molar-refractivity contribution in [3.05, 3.63) is 94.4 Å². The molecule has 0 aliphatic heterocycles. The SMILES string of the molecule is CC(NCc1nc2ccccc2[nH]1)c1cc(-c2c[nH]c3ccc(Br)cc23)nc2ccc(C(F)(F)F)cc12. The highest BCUT2D eigenvalue weighted by Gasteiger charge is 2.31. The Labute approximate surface area is 218 Å². The predicted molar refractivity (Wildman–Crippen MR) is 143 cm³/mol. The van der Waals surface area contributed by atoms with Crippen LogP contribution in [0.2, 0.25) is 0 Å². The number of alkyl halides is 3. The number of para-hydroxylation sites is 2. The second-order valence-corrected chi connectivity index (χ2v) is 9.94. The van der Waals surface area contributed by atoms with Crippen molar-refractivity contribution in [3.63, 3.8) is 0 Å². The van der Waals surface area contributed by atoms with Crippen molar-refractivity contribution in [2.45, 2.75) is 25.7 Å². The number of imidazole rings is 1. The van der Waals surface area contributed by atoms with E-state index in [-0.39, 0.29) is 6.04 Å². The molecule has 186 valence electrons. The zero-order chi connectivity index (χ0) is 25.7. The van der Waals surface area contributed by atoms with Crippen LogP contribution < -0.4 is 5.32 Å². The molecular formula is C28H21BrF3N5. The Morgan fingerprint density at radius 3 is 2.57 bits per heavy atom. The first-order valence-electron chi connectivity index (χ1n) is 11.7. The minimum absolute atomic E-state index is 0.280. The van der Waals surface area contributed by atoms with Crippen molar-refractivity contribution in [3.8, 4) is 11.3 Å². The van der Waals surface area contributed by atoms with Crippen LogP contribution in [0, 0.1) is 0 Å². The monoisotopic (exact) mass is 563 g/mol. The van der Waals surface area contributed by atoms with E-state index in [2.05, 4.69) is 36.2 Å². The van der Waals surface area contributed by atoms with E-state index in [4.69, 9.17) is 4.98 Å². The van der Waals surface area contributed by atoms with Crippen LogP contribution in [-0.2, 0) is 12.7 Å². The molecule has 5 nitrogen and oxygen atoms in total. The fraction of sp³-hybridized carbons (Fsp3) is 0.143. The second kappa shape index (κ2) is 9.00. The molecule has 3 aromatic carbocycles. The van der Waals surface area contributed by atoms with Gasteiger partial charge in [0.25, 0.3) is 0 Å². The van der Waals surface area contributed by atoms with Gasteiger partial charge in [-0.05, 0) is 67.1 Å². The molecule has 0 bridgehead atoms. The Bertz CT molecular complexity index is 1740. The normalized spacial score (nSPS) is 13.1. The van der Waals surface area contributed by atoms with Crippen LogP contribution in [0.15, 0.2) is 77.4 Å². The van der Waals surface area contributed by atoms with Crippen molar-refractivity contribution >= 4 is 48.8 Å². The van der Waals surface area contributed by atoms with E-state index >= 15 is 0 Å². The average molecular weight is 564 g/mol. The smallest absolute Gasteiger partial charge is 0.360 e. The summed E-state index contributed by atoms with van der Waals surface area (Å²) in [5.41, 5.74) is 4.84. The number of fused-ring (bicyclic) bond motifs is 3. The molecule has 0 aliphatic rings. The van der Waals surface area contributed by atoms with E-state index in [0.717, 1.165) is 49.4 Å². The van der Waals surface area contributed by atoms with E-state index < -0.39 is 11.7 Å². The summed E-state index contributed by atoms with van der Waals surface area (Å²) in [6, 6.07) is 19.0. The highest BCUT2D eigenvalue weighted by atomic mass is 79.9. The van der Waals surface area contributed by atoms with Gasteiger partial charge in [-0.15, -0.1) is 0 Å². The number of benzene rings is 3. The number of aromatic amines is 2. The molecule has 9 heteroatoms. The van der Waals surface area contributed by atoms with E-state index in [9.17, 15) is 13.2 Å². The van der Waals surface area contributed by atoms with Crippen LogP contribution >= 0.6 is 15.9 Å². The maximum absolute atomic E-state index is 13.6. The largest absolute Gasteiger partial charge is 0.416 e. The Kier molecular flexibility index (Phi) is 5.77. The van der Waals surface area contributed by atoms with E-state index in [1.807, 2.05) is 61.7 Å². The minimum Gasteiger partial charge on any atom is -0.360 e. The lowest BCUT2D eigenvalue weighted by Gasteiger charge is -2.18. The van der Waals surface area contributed by atoms with Crippen molar-refractivity contribution in [1.29, 1.82) is 0 Å². The Morgan fingerprint density at radius 1 is 0.919 bits per heavy atom. The molecule has 0 fully saturated rings. The van der Waals surface area contributed by atoms with Crippen LogP contribution in [0.1, 0.15) is 29.9 Å². The van der Waals surface area contributed by atoms with Gasteiger partial charge in [-0.1, -0.05) is 28.1 Å². The Balaban J connectivity index is 1.44. The van der Waals surface area contributed by atoms with Crippen molar-refractivity contribution < 1.29 is 13.2 Å². The van der Waals surface area contributed by atoms with Gasteiger partial charge in [-0.25, -0.2) is 9.97 Å². The molecule has 3 heterocycles. The van der Waals surface area contributed by atoms with E-state index in [1.54, 1.807) is 0 Å². The van der Waals surface area contributed by atoms with E-state index in [0.29, 0.717) is 23.1 Å². The molecule has 3 N–H and O–H groups in total. The predicted octanol–water partition coefficient (Wildman–Crippen LogP) is 7.89. The van der Waals surface area contributed by atoms with Gasteiger partial charge in [-0.3, -0.25) is 0 Å². The summed E-state index contributed by atoms with van der Waals surface area (Å²) in [4.78, 5) is 15.9. The molecule has 37 heavy (non-hydrogen) atoms. The fourth-order valence-corrected chi connectivity index (χ4v) is 5.04. The number of halogens is 4. The average Bonchev–Trinajstić information content (AvgIpc) is 3.49. The van der Waals surface area contributed by atoms with Crippen LogP contribution in [0.3, 0.4) is 0 Å². The van der Waals surface area contributed by atoms with E-state index in [1.165, 1.54) is 12.1 Å². The van der Waals surface area contributed by atoms with Gasteiger partial charge in [0.1, 0.15) is 5.82 Å². The first-order valence-corrected chi connectivity index (χ1v) is 12.5. The van der Waals surface area contributed by atoms with Crippen LogP contribution in [0.5, 0.6) is 0 Å². The first kappa shape index (κ1) is 23.7. The molecule has 1 unspecified atom stereocenters. The summed E-state index contributed by atoms with van der Waals surface area (Å²) >= 11 is 3.52. The molecule has 0 radical (unpaired) electrons. The summed E-state index contributed by atoms with van der Waals surface area (Å²) in [7, 11) is 0. The number of nitrogens with one attached hydrogen (secondary N) is 3. The Morgan fingerprint density at radius 2 is 1.76 bits per heavy atom. The summed E-state index contributed by atoms with van der Waals surface area (Å²) < 4.78 is 41.7. The van der Waals surface area contributed by atoms with Crippen molar-refractivity contribution in [2.75, 3.05) is 0 Å². The van der Waals surface area contributed by atoms with Crippen molar-refractivity contribution in [2.24, 2.45) is 0 Å². The maximum atomic E-state index is 13.6. The zero-order valence-corrected chi connectivity index (χ0v) is 21.2. The van der Waals surface area contributed by atoms with Crippen molar-refractivity contribution in [1.82, 2.24) is 25.3 Å². The fourth-order valence-electron chi connectivity index (χ4n) is 4.68. The lowest BCUT2D eigenvalue weighted by Crippen LogP contribution is -2.19. The second-order valence-electron chi connectivity index (χ2n) is 9.02. The minimum atomic E-state index is -4.45. The highest BCUT2D eigenvalue weighted by Crippen LogP contribution is 2.37. The Hall–Kier alpha value is -3.69. The van der Waals surface area contributed by atoms with Crippen LogP contribution in [0.25, 0.3) is 44.1 Å². The number of hydrogen-bond acceptors (Lipinski definition) is 3. The van der Waals surface area contributed by atoms with Gasteiger partial charge in [0.2, 0.25) is 0 Å². The molecule has 3 aromatic heterocycles. The molecule has 0 saturated heterocycles. The van der Waals surface area contributed by atoms with Gasteiger partial charge in [0, 0.05) is 38.6 Å². The third-order valence-corrected chi connectivity index (χ3v) is 7.06. The first-order chi connectivity index (χ1) is 17.8. The molecule has 0 spiro atoms. The quantitative estimate of drug-likeness (QED) is 0.200. The molecule has 1 atom stereocenters.